The van der Waals surface area contributed by atoms with Crippen LogP contribution in [0, 0.1) is 12.7 Å². The summed E-state index contributed by atoms with van der Waals surface area (Å²) in [6, 6.07) is 6.91. The number of hydrogen-bond acceptors (Lipinski definition) is 3. The summed E-state index contributed by atoms with van der Waals surface area (Å²) in [5.74, 6) is 0.636. The zero-order valence-corrected chi connectivity index (χ0v) is 13.9. The molecule has 0 radical (unpaired) electrons. The van der Waals surface area contributed by atoms with Crippen LogP contribution in [0.1, 0.15) is 11.3 Å². The van der Waals surface area contributed by atoms with Crippen LogP contribution in [0.3, 0.4) is 0 Å². The molecule has 3 nitrogen and oxygen atoms in total. The van der Waals surface area contributed by atoms with Gasteiger partial charge in [0.15, 0.2) is 0 Å². The molecule has 1 N–H and O–H groups in total. The number of hydrogen-bond donors (Lipinski definition) is 1. The van der Waals surface area contributed by atoms with Crippen LogP contribution in [0.5, 0.6) is 0 Å². The van der Waals surface area contributed by atoms with Crippen molar-refractivity contribution in [1.29, 1.82) is 0 Å². The van der Waals surface area contributed by atoms with E-state index in [1.807, 2.05) is 27.1 Å². The second-order valence-corrected chi connectivity index (χ2v) is 6.39. The quantitative estimate of drug-likeness (QED) is 0.824. The van der Waals surface area contributed by atoms with E-state index in [4.69, 9.17) is 11.6 Å². The first kappa shape index (κ1) is 16.3. The van der Waals surface area contributed by atoms with Crippen molar-refractivity contribution in [2.24, 2.45) is 7.05 Å². The topological polar surface area (TPSA) is 29.9 Å². The minimum absolute atomic E-state index is 0.202. The van der Waals surface area contributed by atoms with Gasteiger partial charge in [0, 0.05) is 29.3 Å². The third-order valence-electron chi connectivity index (χ3n) is 3.38. The van der Waals surface area contributed by atoms with Crippen molar-refractivity contribution in [3.05, 3.63) is 46.5 Å². The first-order valence-corrected chi connectivity index (χ1v) is 8.11. The molecule has 0 saturated heterocycles. The molecule has 0 bridgehead atoms. The Morgan fingerprint density at radius 1 is 1.48 bits per heavy atom. The summed E-state index contributed by atoms with van der Waals surface area (Å²) in [5.41, 5.74) is 2.02. The zero-order valence-electron chi connectivity index (χ0n) is 12.4. The Hall–Kier alpha value is -1.04. The number of nitrogens with one attached hydrogen (secondary N) is 1. The van der Waals surface area contributed by atoms with Gasteiger partial charge in [-0.1, -0.05) is 17.7 Å². The van der Waals surface area contributed by atoms with E-state index in [2.05, 4.69) is 10.4 Å². The Kier molecular flexibility index (Phi) is 5.67. The van der Waals surface area contributed by atoms with Crippen LogP contribution in [0.2, 0.25) is 5.15 Å². The van der Waals surface area contributed by atoms with Crippen LogP contribution >= 0.6 is 23.4 Å². The lowest BCUT2D eigenvalue weighted by Crippen LogP contribution is -2.30. The molecular formula is C15H19ClFN3S. The van der Waals surface area contributed by atoms with Gasteiger partial charge in [-0.2, -0.15) is 5.10 Å². The number of likely N-dealkylation sites (N-methyl/N-ethyl adjacent to an activating group) is 1. The van der Waals surface area contributed by atoms with Crippen molar-refractivity contribution in [3.8, 4) is 0 Å². The zero-order chi connectivity index (χ0) is 15.4. The van der Waals surface area contributed by atoms with E-state index in [0.717, 1.165) is 28.3 Å². The molecule has 0 aliphatic heterocycles. The molecule has 0 aliphatic rings. The maximum atomic E-state index is 13.2. The maximum Gasteiger partial charge on any atom is 0.130 e. The smallest absolute Gasteiger partial charge is 0.130 e. The first-order chi connectivity index (χ1) is 10.0. The molecule has 0 fully saturated rings. The lowest BCUT2D eigenvalue weighted by Gasteiger charge is -2.16. The summed E-state index contributed by atoms with van der Waals surface area (Å²) in [4.78, 5) is 0.934. The van der Waals surface area contributed by atoms with Crippen LogP contribution in [-0.4, -0.2) is 28.6 Å². The van der Waals surface area contributed by atoms with Crippen molar-refractivity contribution in [2.45, 2.75) is 24.3 Å². The second kappa shape index (κ2) is 7.29. The van der Waals surface area contributed by atoms with E-state index < -0.39 is 0 Å². The van der Waals surface area contributed by atoms with Gasteiger partial charge in [-0.25, -0.2) is 4.39 Å². The highest BCUT2D eigenvalue weighted by Crippen LogP contribution is 2.24. The fourth-order valence-electron chi connectivity index (χ4n) is 2.15. The number of benzene rings is 1. The van der Waals surface area contributed by atoms with Crippen LogP contribution < -0.4 is 5.32 Å². The van der Waals surface area contributed by atoms with E-state index >= 15 is 0 Å². The highest BCUT2D eigenvalue weighted by molar-refractivity contribution is 7.99. The molecule has 1 atom stereocenters. The number of thioether (sulfide) groups is 1. The van der Waals surface area contributed by atoms with E-state index in [9.17, 15) is 4.39 Å². The average Bonchev–Trinajstić information content (AvgIpc) is 2.69. The van der Waals surface area contributed by atoms with Gasteiger partial charge in [0.2, 0.25) is 0 Å². The predicted octanol–water partition coefficient (Wildman–Crippen LogP) is 3.44. The van der Waals surface area contributed by atoms with Gasteiger partial charge in [0.05, 0.1) is 5.69 Å². The SMILES string of the molecule is CNC(CSc1cccc(F)c1)Cc1c(C)nn(C)c1Cl. The first-order valence-electron chi connectivity index (χ1n) is 6.75. The lowest BCUT2D eigenvalue weighted by atomic mass is 10.1. The molecule has 1 heterocycles. The molecular weight excluding hydrogens is 309 g/mol. The summed E-state index contributed by atoms with van der Waals surface area (Å²) in [6.45, 7) is 1.97. The summed E-state index contributed by atoms with van der Waals surface area (Å²) >= 11 is 7.90. The summed E-state index contributed by atoms with van der Waals surface area (Å²) < 4.78 is 14.9. The fourth-order valence-corrected chi connectivity index (χ4v) is 3.45. The minimum Gasteiger partial charge on any atom is -0.316 e. The highest BCUT2D eigenvalue weighted by atomic mass is 35.5. The van der Waals surface area contributed by atoms with Crippen molar-refractivity contribution in [3.63, 3.8) is 0 Å². The molecule has 2 rings (SSSR count). The molecule has 1 aromatic heterocycles. The van der Waals surface area contributed by atoms with Gasteiger partial charge >= 0.3 is 0 Å². The van der Waals surface area contributed by atoms with Gasteiger partial charge in [0.1, 0.15) is 11.0 Å². The van der Waals surface area contributed by atoms with Crippen molar-refractivity contribution < 1.29 is 4.39 Å². The number of aromatic nitrogens is 2. The van der Waals surface area contributed by atoms with Crippen molar-refractivity contribution >= 4 is 23.4 Å². The lowest BCUT2D eigenvalue weighted by molar-refractivity contribution is 0.614. The number of nitrogens with zero attached hydrogens (tertiary/aromatic N) is 2. The molecule has 6 heteroatoms. The molecule has 0 saturated carbocycles. The predicted molar refractivity (Wildman–Crippen MR) is 86.6 cm³/mol. The van der Waals surface area contributed by atoms with E-state index in [-0.39, 0.29) is 11.9 Å². The van der Waals surface area contributed by atoms with Crippen LogP contribution in [-0.2, 0) is 13.5 Å². The maximum absolute atomic E-state index is 13.2. The van der Waals surface area contributed by atoms with Gasteiger partial charge in [-0.3, -0.25) is 4.68 Å². The normalized spacial score (nSPS) is 12.6. The Morgan fingerprint density at radius 3 is 2.81 bits per heavy atom. The molecule has 21 heavy (non-hydrogen) atoms. The van der Waals surface area contributed by atoms with Gasteiger partial charge in [-0.15, -0.1) is 11.8 Å². The van der Waals surface area contributed by atoms with Crippen molar-refractivity contribution in [1.82, 2.24) is 15.1 Å². The van der Waals surface area contributed by atoms with Gasteiger partial charge < -0.3 is 5.32 Å². The Morgan fingerprint density at radius 2 is 2.24 bits per heavy atom. The standard InChI is InChI=1S/C15H19ClFN3S/c1-10-14(15(16)20(3)19-10)8-12(18-2)9-21-13-6-4-5-11(17)7-13/h4-7,12,18H,8-9H2,1-3H3. The monoisotopic (exact) mass is 327 g/mol. The Labute approximate surface area is 133 Å². The third kappa shape index (κ3) is 4.22. The Balaban J connectivity index is 2.00. The Bertz CT molecular complexity index is 615. The van der Waals surface area contributed by atoms with E-state index in [1.54, 1.807) is 28.6 Å². The fraction of sp³-hybridized carbons (Fsp3) is 0.400. The highest BCUT2D eigenvalue weighted by Gasteiger charge is 2.16. The molecule has 114 valence electrons. The van der Waals surface area contributed by atoms with E-state index in [0.29, 0.717) is 5.15 Å². The second-order valence-electron chi connectivity index (χ2n) is 4.94. The molecule has 0 spiro atoms. The molecule has 1 unspecified atom stereocenters. The minimum atomic E-state index is -0.202. The largest absolute Gasteiger partial charge is 0.316 e. The van der Waals surface area contributed by atoms with Gasteiger partial charge in [-0.05, 0) is 38.6 Å². The molecule has 1 aromatic carbocycles. The number of aryl methyl sites for hydroxylation is 2. The van der Waals surface area contributed by atoms with Gasteiger partial charge in [0.25, 0.3) is 0 Å². The van der Waals surface area contributed by atoms with Crippen LogP contribution in [0.4, 0.5) is 4.39 Å². The molecule has 0 aliphatic carbocycles. The number of halogens is 2. The van der Waals surface area contributed by atoms with Crippen LogP contribution in [0.25, 0.3) is 0 Å². The summed E-state index contributed by atoms with van der Waals surface area (Å²) in [6.07, 6.45) is 0.803. The molecule has 2 aromatic rings. The average molecular weight is 328 g/mol. The van der Waals surface area contributed by atoms with Crippen LogP contribution in [0.15, 0.2) is 29.2 Å². The molecule has 0 amide bonds. The number of rotatable bonds is 6. The summed E-state index contributed by atoms with van der Waals surface area (Å²) in [7, 11) is 3.77. The van der Waals surface area contributed by atoms with E-state index in [1.165, 1.54) is 6.07 Å². The summed E-state index contributed by atoms with van der Waals surface area (Å²) in [5, 5.41) is 8.30. The van der Waals surface area contributed by atoms with Crippen molar-refractivity contribution in [2.75, 3.05) is 12.8 Å². The third-order valence-corrected chi connectivity index (χ3v) is 5.00.